The minimum atomic E-state index is -3.55. The maximum absolute atomic E-state index is 12.5. The summed E-state index contributed by atoms with van der Waals surface area (Å²) in [6.07, 6.45) is 3.97. The lowest BCUT2D eigenvalue weighted by atomic mass is 10.3. The molecule has 0 radical (unpaired) electrons. The number of hydrogen-bond donors (Lipinski definition) is 2. The summed E-state index contributed by atoms with van der Waals surface area (Å²) < 4.78 is 29.5. The van der Waals surface area contributed by atoms with Crippen LogP contribution in [0.25, 0.3) is 0 Å². The molecule has 1 atom stereocenters. The van der Waals surface area contributed by atoms with E-state index in [2.05, 4.69) is 15.0 Å². The van der Waals surface area contributed by atoms with E-state index in [9.17, 15) is 8.42 Å². The molecule has 0 spiro atoms. The zero-order chi connectivity index (χ0) is 15.5. The normalized spacial score (nSPS) is 13.5. The van der Waals surface area contributed by atoms with Crippen LogP contribution >= 0.6 is 11.3 Å². The predicted octanol–water partition coefficient (Wildman–Crippen LogP) is 1.63. The van der Waals surface area contributed by atoms with Crippen LogP contribution in [0.2, 0.25) is 0 Å². The number of sulfonamides is 1. The highest BCUT2D eigenvalue weighted by Crippen LogP contribution is 2.22. The quantitative estimate of drug-likeness (QED) is 0.810. The number of aromatic nitrogens is 2. The molecule has 21 heavy (non-hydrogen) atoms. The van der Waals surface area contributed by atoms with Crippen LogP contribution in [0.5, 0.6) is 0 Å². The topological polar surface area (TPSA) is 76.0 Å². The molecule has 0 aromatic carbocycles. The van der Waals surface area contributed by atoms with E-state index in [1.165, 1.54) is 11.3 Å². The molecule has 8 heteroatoms. The van der Waals surface area contributed by atoms with E-state index in [0.717, 1.165) is 10.7 Å². The number of aryl methyl sites for hydroxylation is 1. The second kappa shape index (κ2) is 6.69. The fourth-order valence-electron chi connectivity index (χ4n) is 2.05. The smallest absolute Gasteiger partial charge is 0.242 e. The summed E-state index contributed by atoms with van der Waals surface area (Å²) in [6, 6.07) is 1.40. The lowest BCUT2D eigenvalue weighted by Crippen LogP contribution is -2.28. The summed E-state index contributed by atoms with van der Waals surface area (Å²) in [7, 11) is 0.116. The van der Waals surface area contributed by atoms with Crippen molar-refractivity contribution in [2.75, 3.05) is 7.05 Å². The lowest BCUT2D eigenvalue weighted by Gasteiger charge is -2.13. The van der Waals surface area contributed by atoms with Gasteiger partial charge < -0.3 is 9.88 Å². The Kier molecular flexibility index (Phi) is 5.15. The van der Waals surface area contributed by atoms with Gasteiger partial charge in [-0.05, 0) is 19.5 Å². The van der Waals surface area contributed by atoms with Crippen molar-refractivity contribution in [3.8, 4) is 0 Å². The van der Waals surface area contributed by atoms with Crippen molar-refractivity contribution in [3.05, 3.63) is 34.5 Å². The fourth-order valence-corrected chi connectivity index (χ4v) is 4.28. The van der Waals surface area contributed by atoms with Crippen molar-refractivity contribution in [1.82, 2.24) is 19.6 Å². The van der Waals surface area contributed by atoms with Gasteiger partial charge in [0.1, 0.15) is 5.01 Å². The van der Waals surface area contributed by atoms with Gasteiger partial charge in [0.25, 0.3) is 0 Å². The van der Waals surface area contributed by atoms with Crippen LogP contribution in [0.4, 0.5) is 0 Å². The van der Waals surface area contributed by atoms with Gasteiger partial charge in [0.05, 0.1) is 10.9 Å². The second-order valence-corrected chi connectivity index (χ2v) is 7.40. The van der Waals surface area contributed by atoms with Gasteiger partial charge in [-0.3, -0.25) is 0 Å². The maximum Gasteiger partial charge on any atom is 0.242 e. The molecule has 0 bridgehead atoms. The molecule has 2 aromatic rings. The van der Waals surface area contributed by atoms with Crippen LogP contribution in [0.3, 0.4) is 0 Å². The number of nitrogens with zero attached hydrogens (tertiary/aromatic N) is 2. The van der Waals surface area contributed by atoms with Crippen molar-refractivity contribution in [2.24, 2.45) is 7.05 Å². The summed E-state index contributed by atoms with van der Waals surface area (Å²) in [4.78, 5) is 4.48. The summed E-state index contributed by atoms with van der Waals surface area (Å²) in [5, 5.41) is 5.65. The van der Waals surface area contributed by atoms with E-state index in [0.29, 0.717) is 13.0 Å². The van der Waals surface area contributed by atoms with E-state index in [1.807, 2.05) is 31.0 Å². The molecule has 6 nitrogen and oxygen atoms in total. The molecule has 0 saturated heterocycles. The van der Waals surface area contributed by atoms with Gasteiger partial charge in [-0.25, -0.2) is 18.1 Å². The van der Waals surface area contributed by atoms with Gasteiger partial charge in [-0.15, -0.1) is 11.3 Å². The van der Waals surface area contributed by atoms with Gasteiger partial charge in [0.15, 0.2) is 0 Å². The average Bonchev–Trinajstić information content (AvgIpc) is 3.07. The van der Waals surface area contributed by atoms with Crippen molar-refractivity contribution in [1.29, 1.82) is 0 Å². The van der Waals surface area contributed by atoms with E-state index < -0.39 is 10.0 Å². The van der Waals surface area contributed by atoms with Crippen LogP contribution in [0.15, 0.2) is 28.7 Å². The molecule has 0 aliphatic carbocycles. The molecule has 0 aliphatic rings. The molecule has 2 N–H and O–H groups in total. The molecule has 0 amide bonds. The minimum Gasteiger partial charge on any atom is -0.352 e. The highest BCUT2D eigenvalue weighted by Gasteiger charge is 2.23. The Morgan fingerprint density at radius 3 is 2.81 bits per heavy atom. The van der Waals surface area contributed by atoms with Crippen LogP contribution < -0.4 is 10.0 Å². The summed E-state index contributed by atoms with van der Waals surface area (Å²) in [5.74, 6) is 0. The first-order valence-corrected chi connectivity index (χ1v) is 9.05. The summed E-state index contributed by atoms with van der Waals surface area (Å²) >= 11 is 1.45. The molecular weight excluding hydrogens is 308 g/mol. The molecule has 116 valence electrons. The van der Waals surface area contributed by atoms with E-state index in [-0.39, 0.29) is 10.9 Å². The Morgan fingerprint density at radius 2 is 2.24 bits per heavy atom. The van der Waals surface area contributed by atoms with Crippen molar-refractivity contribution in [3.63, 3.8) is 0 Å². The van der Waals surface area contributed by atoms with Crippen LogP contribution in [0.1, 0.15) is 30.1 Å². The van der Waals surface area contributed by atoms with E-state index in [1.54, 1.807) is 18.5 Å². The molecular formula is C13H20N4O2S2. The van der Waals surface area contributed by atoms with E-state index in [4.69, 9.17) is 0 Å². The maximum atomic E-state index is 12.5. The first-order valence-electron chi connectivity index (χ1n) is 6.69. The minimum absolute atomic E-state index is 0.283. The first-order chi connectivity index (χ1) is 9.97. The molecule has 0 aliphatic heterocycles. The van der Waals surface area contributed by atoms with Crippen molar-refractivity contribution in [2.45, 2.75) is 30.8 Å². The SMILES string of the molecule is CCC(NS(=O)(=O)c1cc(CNC)n(C)c1)c1nccs1. The third kappa shape index (κ3) is 3.70. The Balaban J connectivity index is 2.23. The number of hydrogen-bond acceptors (Lipinski definition) is 5. The average molecular weight is 328 g/mol. The molecule has 0 fully saturated rings. The largest absolute Gasteiger partial charge is 0.352 e. The summed E-state index contributed by atoms with van der Waals surface area (Å²) in [5.41, 5.74) is 0.917. The third-order valence-electron chi connectivity index (χ3n) is 3.21. The molecule has 0 saturated carbocycles. The van der Waals surface area contributed by atoms with Gasteiger partial charge >= 0.3 is 0 Å². The summed E-state index contributed by atoms with van der Waals surface area (Å²) in [6.45, 7) is 2.56. The third-order valence-corrected chi connectivity index (χ3v) is 5.53. The van der Waals surface area contributed by atoms with Crippen LogP contribution in [-0.2, 0) is 23.6 Å². The first kappa shape index (κ1) is 16.2. The van der Waals surface area contributed by atoms with Crippen molar-refractivity contribution >= 4 is 21.4 Å². The molecule has 2 rings (SSSR count). The Bertz CT molecular complexity index is 677. The number of thiazole rings is 1. The van der Waals surface area contributed by atoms with Gasteiger partial charge in [-0.2, -0.15) is 0 Å². The van der Waals surface area contributed by atoms with Crippen LogP contribution in [0, 0.1) is 0 Å². The highest BCUT2D eigenvalue weighted by molar-refractivity contribution is 7.89. The molecule has 1 unspecified atom stereocenters. The lowest BCUT2D eigenvalue weighted by molar-refractivity contribution is 0.549. The second-order valence-electron chi connectivity index (χ2n) is 4.76. The standard InChI is InChI=1S/C13H20N4O2S2/c1-4-12(13-15-5-6-20-13)16-21(18,19)11-7-10(8-14-2)17(3)9-11/h5-7,9,12,14,16H,4,8H2,1-3H3. The van der Waals surface area contributed by atoms with Crippen molar-refractivity contribution < 1.29 is 8.42 Å². The van der Waals surface area contributed by atoms with E-state index >= 15 is 0 Å². The molecule has 2 heterocycles. The van der Waals surface area contributed by atoms with Crippen LogP contribution in [-0.4, -0.2) is 25.0 Å². The van der Waals surface area contributed by atoms with Gasteiger partial charge in [0, 0.05) is 37.1 Å². The Labute approximate surface area is 129 Å². The fraction of sp³-hybridized carbons (Fsp3) is 0.462. The predicted molar refractivity (Wildman–Crippen MR) is 83.6 cm³/mol. The van der Waals surface area contributed by atoms with Gasteiger partial charge in [-0.1, -0.05) is 6.92 Å². The van der Waals surface area contributed by atoms with Gasteiger partial charge in [0.2, 0.25) is 10.0 Å². The number of rotatable bonds is 7. The zero-order valence-electron chi connectivity index (χ0n) is 12.3. The molecule has 2 aromatic heterocycles. The highest BCUT2D eigenvalue weighted by atomic mass is 32.2. The Hall–Kier alpha value is -1.22. The Morgan fingerprint density at radius 1 is 1.48 bits per heavy atom. The monoisotopic (exact) mass is 328 g/mol. The number of nitrogens with one attached hydrogen (secondary N) is 2. The zero-order valence-corrected chi connectivity index (χ0v) is 14.0.